The van der Waals surface area contributed by atoms with Crippen LogP contribution in [-0.2, 0) is 16.9 Å². The van der Waals surface area contributed by atoms with Crippen LogP contribution in [0.15, 0.2) is 88.1 Å². The summed E-state index contributed by atoms with van der Waals surface area (Å²) in [6, 6.07) is 22.0. The quantitative estimate of drug-likeness (QED) is 0.221. The molecule has 2 aliphatic heterocycles. The molecular formula is C35H24FN3O5S. The lowest BCUT2D eigenvalue weighted by atomic mass is 9.84. The second-order valence-electron chi connectivity index (χ2n) is 11.2. The van der Waals surface area contributed by atoms with Crippen molar-refractivity contribution in [2.75, 3.05) is 16.9 Å². The summed E-state index contributed by atoms with van der Waals surface area (Å²) in [5.41, 5.74) is 1.25. The van der Waals surface area contributed by atoms with E-state index in [0.717, 1.165) is 15.8 Å². The van der Waals surface area contributed by atoms with Gasteiger partial charge in [0.25, 0.3) is 11.8 Å². The van der Waals surface area contributed by atoms with Crippen molar-refractivity contribution >= 4 is 55.2 Å². The molecule has 0 aliphatic carbocycles. The van der Waals surface area contributed by atoms with Crippen LogP contribution in [-0.4, -0.2) is 23.9 Å². The van der Waals surface area contributed by atoms with E-state index in [-0.39, 0.29) is 39.5 Å². The topological polar surface area (TPSA) is 93.0 Å². The normalized spacial score (nSPS) is 17.2. The summed E-state index contributed by atoms with van der Waals surface area (Å²) in [5.74, 6) is -1.32. The number of anilines is 2. The number of aryl methyl sites for hydroxylation is 2. The zero-order chi connectivity index (χ0) is 31.2. The number of aromatic nitrogens is 1. The van der Waals surface area contributed by atoms with Gasteiger partial charge in [0.1, 0.15) is 17.1 Å². The minimum atomic E-state index is -1.94. The van der Waals surface area contributed by atoms with Gasteiger partial charge in [0.2, 0.25) is 5.76 Å². The van der Waals surface area contributed by atoms with Gasteiger partial charge in [0, 0.05) is 11.1 Å². The molecule has 8 rings (SSSR count). The van der Waals surface area contributed by atoms with E-state index in [1.54, 1.807) is 79.9 Å². The monoisotopic (exact) mass is 617 g/mol. The van der Waals surface area contributed by atoms with E-state index in [4.69, 9.17) is 14.1 Å². The highest BCUT2D eigenvalue weighted by molar-refractivity contribution is 7.22. The molecule has 2 aromatic heterocycles. The van der Waals surface area contributed by atoms with Gasteiger partial charge in [-0.2, -0.15) is 0 Å². The van der Waals surface area contributed by atoms with Gasteiger partial charge in [-0.15, -0.1) is 0 Å². The summed E-state index contributed by atoms with van der Waals surface area (Å²) >= 11 is 1.20. The van der Waals surface area contributed by atoms with Gasteiger partial charge >= 0.3 is 0 Å². The number of fused-ring (bicyclic) bond motifs is 6. The predicted octanol–water partition coefficient (Wildman–Crippen LogP) is 6.62. The van der Waals surface area contributed by atoms with Gasteiger partial charge in [-0.3, -0.25) is 19.3 Å². The number of thiazole rings is 1. The fourth-order valence-electron chi connectivity index (χ4n) is 6.49. The number of carbonyl (C=O) groups excluding carboxylic acids is 2. The first-order valence-electron chi connectivity index (χ1n) is 14.3. The highest BCUT2D eigenvalue weighted by Gasteiger charge is 2.66. The van der Waals surface area contributed by atoms with Crippen molar-refractivity contribution in [3.05, 3.63) is 128 Å². The van der Waals surface area contributed by atoms with Crippen LogP contribution < -0.4 is 20.0 Å². The molecule has 0 fully saturated rings. The number of hydrogen-bond acceptors (Lipinski definition) is 7. The maximum Gasteiger partial charge on any atom is 0.297 e. The van der Waals surface area contributed by atoms with E-state index in [0.29, 0.717) is 22.5 Å². The summed E-state index contributed by atoms with van der Waals surface area (Å²) in [6.45, 7) is 3.66. The summed E-state index contributed by atoms with van der Waals surface area (Å²) in [6.07, 6.45) is 0. The molecule has 2 amide bonds. The molecular weight excluding hydrogens is 593 g/mol. The number of halogens is 1. The molecule has 1 spiro atoms. The van der Waals surface area contributed by atoms with Crippen molar-refractivity contribution in [1.29, 1.82) is 0 Å². The van der Waals surface area contributed by atoms with E-state index in [2.05, 4.69) is 0 Å². The fourth-order valence-corrected chi connectivity index (χ4v) is 7.53. The minimum absolute atomic E-state index is 0.0754. The van der Waals surface area contributed by atoms with Crippen LogP contribution in [0.3, 0.4) is 0 Å². The van der Waals surface area contributed by atoms with Crippen LogP contribution in [0.1, 0.15) is 38.4 Å². The minimum Gasteiger partial charge on any atom is -0.497 e. The summed E-state index contributed by atoms with van der Waals surface area (Å²) < 4.78 is 27.3. The molecule has 0 bridgehead atoms. The molecule has 222 valence electrons. The van der Waals surface area contributed by atoms with E-state index in [9.17, 15) is 14.0 Å². The van der Waals surface area contributed by atoms with Crippen molar-refractivity contribution in [1.82, 2.24) is 4.98 Å². The first-order valence-corrected chi connectivity index (χ1v) is 15.1. The zero-order valence-electron chi connectivity index (χ0n) is 24.4. The number of benzene rings is 4. The number of methoxy groups -OCH3 is 1. The number of rotatable bonds is 4. The van der Waals surface area contributed by atoms with E-state index < -0.39 is 28.6 Å². The predicted molar refractivity (Wildman–Crippen MR) is 170 cm³/mol. The third-order valence-corrected chi connectivity index (χ3v) is 9.81. The van der Waals surface area contributed by atoms with Crippen LogP contribution in [0, 0.1) is 19.7 Å². The van der Waals surface area contributed by atoms with Crippen molar-refractivity contribution in [3.8, 4) is 5.75 Å². The largest absolute Gasteiger partial charge is 0.497 e. The number of para-hydroxylation sites is 1. The lowest BCUT2D eigenvalue weighted by molar-refractivity contribution is -0.121. The van der Waals surface area contributed by atoms with Gasteiger partial charge in [-0.1, -0.05) is 47.7 Å². The first-order chi connectivity index (χ1) is 21.7. The Morgan fingerprint density at radius 3 is 2.51 bits per heavy atom. The fraction of sp³-hybridized carbons (Fsp3) is 0.143. The van der Waals surface area contributed by atoms with Crippen molar-refractivity contribution < 1.29 is 23.1 Å². The standard InChI is InChI=1S/C35H24FN3O5S/c1-18-14-22-27(15-19(18)2)44-31-29(30(22)40)35(39(32(31)41)34-37-25-13-12-21(43-3)16-28(25)45-34)23-9-5-7-11-26(23)38(33(35)42)17-20-8-4-6-10-24(20)36/h4-16H,17H2,1-3H3. The Labute approximate surface area is 259 Å². The third kappa shape index (κ3) is 3.63. The van der Waals surface area contributed by atoms with Crippen molar-refractivity contribution in [2.45, 2.75) is 25.9 Å². The second-order valence-corrected chi connectivity index (χ2v) is 12.3. The molecule has 1 unspecified atom stereocenters. The molecule has 8 nitrogen and oxygen atoms in total. The number of carbonyl (C=O) groups is 2. The highest BCUT2D eigenvalue weighted by Crippen LogP contribution is 2.55. The Kier molecular flexibility index (Phi) is 5.79. The molecule has 0 saturated heterocycles. The lowest BCUT2D eigenvalue weighted by Gasteiger charge is -2.32. The third-order valence-electron chi connectivity index (χ3n) is 8.80. The average molecular weight is 618 g/mol. The molecule has 2 aliphatic rings. The van der Waals surface area contributed by atoms with Crippen LogP contribution in [0.25, 0.3) is 21.2 Å². The summed E-state index contributed by atoms with van der Waals surface area (Å²) in [7, 11) is 1.56. The van der Waals surface area contributed by atoms with Crippen LogP contribution in [0.5, 0.6) is 5.75 Å². The maximum absolute atomic E-state index is 15.1. The molecule has 6 aromatic rings. The van der Waals surface area contributed by atoms with Gasteiger partial charge in [0.05, 0.1) is 40.5 Å². The molecule has 1 atom stereocenters. The van der Waals surface area contributed by atoms with Crippen molar-refractivity contribution in [3.63, 3.8) is 0 Å². The Morgan fingerprint density at radius 2 is 1.71 bits per heavy atom. The SMILES string of the molecule is COc1ccc2nc(N3C(=O)c4oc5cc(C)c(C)cc5c(=O)c4C34C(=O)N(Cc3ccccc3F)c3ccccc34)sc2c1. The molecule has 0 N–H and O–H groups in total. The smallest absolute Gasteiger partial charge is 0.297 e. The molecule has 0 saturated carbocycles. The number of nitrogens with zero attached hydrogens (tertiary/aromatic N) is 3. The summed E-state index contributed by atoms with van der Waals surface area (Å²) in [4.78, 5) is 51.8. The molecule has 10 heteroatoms. The van der Waals surface area contributed by atoms with Crippen LogP contribution in [0.2, 0.25) is 0 Å². The highest BCUT2D eigenvalue weighted by atomic mass is 32.1. The molecule has 45 heavy (non-hydrogen) atoms. The first kappa shape index (κ1) is 27.2. The lowest BCUT2D eigenvalue weighted by Crippen LogP contribution is -2.53. The van der Waals surface area contributed by atoms with Gasteiger partial charge < -0.3 is 14.1 Å². The van der Waals surface area contributed by atoms with Crippen LogP contribution >= 0.6 is 11.3 Å². The van der Waals surface area contributed by atoms with Gasteiger partial charge in [0.15, 0.2) is 16.1 Å². The molecule has 0 radical (unpaired) electrons. The molecule has 4 heterocycles. The average Bonchev–Trinajstić information content (AvgIpc) is 3.64. The Bertz CT molecular complexity index is 2330. The van der Waals surface area contributed by atoms with Crippen LogP contribution in [0.4, 0.5) is 15.2 Å². The zero-order valence-corrected chi connectivity index (χ0v) is 25.2. The van der Waals surface area contributed by atoms with E-state index >= 15 is 4.79 Å². The van der Waals surface area contributed by atoms with E-state index in [1.165, 1.54) is 27.2 Å². The molecule has 4 aromatic carbocycles. The second kappa shape index (κ2) is 9.57. The Balaban J connectivity index is 1.46. The number of ether oxygens (including phenoxy) is 1. The van der Waals surface area contributed by atoms with Gasteiger partial charge in [-0.25, -0.2) is 9.37 Å². The Morgan fingerprint density at radius 1 is 0.956 bits per heavy atom. The Hall–Kier alpha value is -5.35. The maximum atomic E-state index is 15.1. The summed E-state index contributed by atoms with van der Waals surface area (Å²) in [5, 5.41) is 0.471. The number of hydrogen-bond donors (Lipinski definition) is 0. The number of amides is 2. The van der Waals surface area contributed by atoms with E-state index in [1.807, 2.05) is 13.8 Å². The van der Waals surface area contributed by atoms with Crippen molar-refractivity contribution in [2.24, 2.45) is 0 Å². The van der Waals surface area contributed by atoms with Gasteiger partial charge in [-0.05, 0) is 67.4 Å².